The number of piperazine rings is 1. The Hall–Kier alpha value is -3.30. The van der Waals surface area contributed by atoms with Gasteiger partial charge in [-0.15, -0.1) is 0 Å². The maximum absolute atomic E-state index is 2.68. The van der Waals surface area contributed by atoms with Gasteiger partial charge in [0.1, 0.15) is 37.2 Å². The second-order valence-corrected chi connectivity index (χ2v) is 12.7. The van der Waals surface area contributed by atoms with Gasteiger partial charge in [0.15, 0.2) is 0 Å². The van der Waals surface area contributed by atoms with E-state index in [1.54, 1.807) is 0 Å². The van der Waals surface area contributed by atoms with Crippen molar-refractivity contribution in [3.8, 4) is 0 Å². The Morgan fingerprint density at radius 3 is 1.15 bits per heavy atom. The summed E-state index contributed by atoms with van der Waals surface area (Å²) in [6.07, 6.45) is 0. The monoisotopic (exact) mass is 738 g/mol. The molecule has 236 valence electrons. The van der Waals surface area contributed by atoms with E-state index in [2.05, 4.69) is 126 Å². The summed E-state index contributed by atoms with van der Waals surface area (Å²) in [7, 11) is 0. The highest BCUT2D eigenvalue weighted by atomic mass is 79.9. The molecule has 0 bridgehead atoms. The van der Waals surface area contributed by atoms with Crippen molar-refractivity contribution in [3.63, 3.8) is 0 Å². The molecule has 0 saturated carbocycles. The second kappa shape index (κ2) is 13.1. The molecule has 4 aromatic carbocycles. The minimum Gasteiger partial charge on any atom is -1.00 e. The average Bonchev–Trinajstić information content (AvgIpc) is 3.73. The molecule has 6 aromatic rings. The summed E-state index contributed by atoms with van der Waals surface area (Å²) in [6, 6.07) is 35.8. The summed E-state index contributed by atoms with van der Waals surface area (Å²) in [6.45, 7) is 13.4. The van der Waals surface area contributed by atoms with Crippen LogP contribution in [0.1, 0.15) is 0 Å². The molecule has 8 heteroatoms. The zero-order valence-corrected chi connectivity index (χ0v) is 29.3. The van der Waals surface area contributed by atoms with E-state index in [1.807, 2.05) is 0 Å². The molecule has 2 aromatic heterocycles. The molecule has 0 unspecified atom stereocenters. The van der Waals surface area contributed by atoms with Gasteiger partial charge < -0.3 is 34.0 Å². The van der Waals surface area contributed by atoms with Gasteiger partial charge in [0.25, 0.3) is 11.6 Å². The summed E-state index contributed by atoms with van der Waals surface area (Å²) < 4.78 is 5.10. The van der Waals surface area contributed by atoms with E-state index in [0.717, 1.165) is 78.5 Å². The van der Waals surface area contributed by atoms with Gasteiger partial charge in [-0.3, -0.25) is 19.6 Å². The average molecular weight is 741 g/mol. The lowest BCUT2D eigenvalue weighted by Gasteiger charge is -2.34. The summed E-state index contributed by atoms with van der Waals surface area (Å²) in [5.41, 5.74) is 2.72. The minimum atomic E-state index is 0. The number of aromatic nitrogens is 2. The molecular formula is C38H40Br2N6. The first-order valence-electron chi connectivity index (χ1n) is 16.4. The summed E-state index contributed by atoms with van der Waals surface area (Å²) in [5, 5.41) is 8.24. The lowest BCUT2D eigenvalue weighted by atomic mass is 10.1. The Balaban J connectivity index is 0.00000169. The fourth-order valence-electron chi connectivity index (χ4n) is 8.20. The van der Waals surface area contributed by atoms with Crippen LogP contribution in [0, 0.1) is 0 Å². The molecule has 3 aliphatic rings. The van der Waals surface area contributed by atoms with Gasteiger partial charge in [-0.25, -0.2) is 9.13 Å². The van der Waals surface area contributed by atoms with Crippen LogP contribution in [0.25, 0.3) is 43.4 Å². The molecule has 0 radical (unpaired) electrons. The van der Waals surface area contributed by atoms with Crippen LogP contribution in [0.4, 0.5) is 11.6 Å². The van der Waals surface area contributed by atoms with Crippen molar-refractivity contribution >= 4 is 55.0 Å². The van der Waals surface area contributed by atoms with Crippen LogP contribution in [0.3, 0.4) is 0 Å². The Kier molecular flexibility index (Phi) is 8.89. The summed E-state index contributed by atoms with van der Waals surface area (Å²) in [4.78, 5) is 10.6. The first-order valence-corrected chi connectivity index (χ1v) is 16.4. The van der Waals surface area contributed by atoms with E-state index < -0.39 is 0 Å². The van der Waals surface area contributed by atoms with Gasteiger partial charge in [-0.2, -0.15) is 0 Å². The van der Waals surface area contributed by atoms with Crippen molar-refractivity contribution in [1.29, 1.82) is 0 Å². The number of hydrogen-bond donors (Lipinski definition) is 0. The van der Waals surface area contributed by atoms with E-state index in [4.69, 9.17) is 0 Å². The Morgan fingerprint density at radius 2 is 0.739 bits per heavy atom. The van der Waals surface area contributed by atoms with Gasteiger partial charge in [0, 0.05) is 60.8 Å². The van der Waals surface area contributed by atoms with E-state index >= 15 is 0 Å². The third kappa shape index (κ3) is 5.23. The Morgan fingerprint density at radius 1 is 0.391 bits per heavy atom. The van der Waals surface area contributed by atoms with Crippen LogP contribution in [0.2, 0.25) is 0 Å². The number of fused-ring (bicyclic) bond motifs is 12. The minimum absolute atomic E-state index is 0. The highest BCUT2D eigenvalue weighted by Crippen LogP contribution is 2.33. The third-order valence-electron chi connectivity index (χ3n) is 10.4. The van der Waals surface area contributed by atoms with Gasteiger partial charge in [0.05, 0.1) is 23.9 Å². The number of hydrogen-bond acceptors (Lipinski definition) is 4. The van der Waals surface area contributed by atoms with Crippen molar-refractivity contribution in [3.05, 3.63) is 97.1 Å². The largest absolute Gasteiger partial charge is 1.00 e. The molecule has 3 aliphatic heterocycles. The molecular weight excluding hydrogens is 700 g/mol. The molecule has 0 atom stereocenters. The molecule has 6 nitrogen and oxygen atoms in total. The maximum atomic E-state index is 2.68. The fourth-order valence-corrected chi connectivity index (χ4v) is 8.20. The zero-order valence-electron chi connectivity index (χ0n) is 26.2. The smallest absolute Gasteiger partial charge is 0.285 e. The van der Waals surface area contributed by atoms with Crippen molar-refractivity contribution in [2.75, 3.05) is 75.2 Å². The quantitative estimate of drug-likeness (QED) is 0.159. The molecule has 0 aliphatic carbocycles. The second-order valence-electron chi connectivity index (χ2n) is 12.7. The van der Waals surface area contributed by atoms with Crippen LogP contribution in [-0.2, 0) is 13.1 Å². The zero-order chi connectivity index (χ0) is 29.0. The van der Waals surface area contributed by atoms with Crippen molar-refractivity contribution in [2.24, 2.45) is 0 Å². The predicted octanol–water partition coefficient (Wildman–Crippen LogP) is -1.16. The first-order chi connectivity index (χ1) is 21.8. The molecule has 1 fully saturated rings. The molecule has 0 N–H and O–H groups in total. The summed E-state index contributed by atoms with van der Waals surface area (Å²) >= 11 is 0. The standard InChI is InChI=1S/C38H40N6.2BrH/c1-3-13-33-29(9-1)31-11-5-7-15-35(31)43-27-25-41(37(33)43)23-21-39-17-19-40(20-18-39)22-24-42-26-28-44-36-16-8-6-12-32(36)30-10-2-4-14-34(30)38(42)44;;/h1-16H,17-28H2;2*1H/q+2;;/p-2. The SMILES string of the molecule is [Br-].[Br-].c1ccc2c(c1)c1[n+](c3ccccc23)CCN1CCN1CCN(CCN2CC[n+]3c2c2ccccc2c2ccccc23)CC1. The lowest BCUT2D eigenvalue weighted by molar-refractivity contribution is -0.643. The van der Waals surface area contributed by atoms with Crippen LogP contribution in [-0.4, -0.2) is 75.2 Å². The van der Waals surface area contributed by atoms with E-state index in [-0.39, 0.29) is 34.0 Å². The van der Waals surface area contributed by atoms with Gasteiger partial charge in [-0.1, -0.05) is 72.8 Å². The first kappa shape index (κ1) is 31.3. The number of pyridine rings is 2. The Bertz CT molecular complexity index is 1890. The van der Waals surface area contributed by atoms with Crippen LogP contribution in [0.15, 0.2) is 97.1 Å². The van der Waals surface area contributed by atoms with Gasteiger partial charge in [-0.05, 0) is 24.3 Å². The number of benzene rings is 4. The van der Waals surface area contributed by atoms with Crippen LogP contribution >= 0.6 is 0 Å². The number of nitrogens with zero attached hydrogens (tertiary/aromatic N) is 6. The topological polar surface area (TPSA) is 20.7 Å². The number of anilines is 2. The lowest BCUT2D eigenvalue weighted by Crippen LogP contribution is -3.00. The summed E-state index contributed by atoms with van der Waals surface area (Å²) in [5.74, 6) is 2.81. The molecule has 0 spiro atoms. The number of para-hydroxylation sites is 2. The van der Waals surface area contributed by atoms with Crippen LogP contribution < -0.4 is 52.9 Å². The van der Waals surface area contributed by atoms with Crippen molar-refractivity contribution in [1.82, 2.24) is 9.80 Å². The molecule has 46 heavy (non-hydrogen) atoms. The van der Waals surface area contributed by atoms with Crippen molar-refractivity contribution < 1.29 is 43.1 Å². The van der Waals surface area contributed by atoms with Gasteiger partial charge >= 0.3 is 0 Å². The number of rotatable bonds is 6. The molecule has 1 saturated heterocycles. The van der Waals surface area contributed by atoms with Crippen molar-refractivity contribution in [2.45, 2.75) is 13.1 Å². The third-order valence-corrected chi connectivity index (χ3v) is 10.4. The highest BCUT2D eigenvalue weighted by Gasteiger charge is 2.34. The van der Waals surface area contributed by atoms with E-state index in [9.17, 15) is 0 Å². The van der Waals surface area contributed by atoms with Crippen LogP contribution in [0.5, 0.6) is 0 Å². The predicted molar refractivity (Wildman–Crippen MR) is 181 cm³/mol. The fraction of sp³-hybridized carbons (Fsp3) is 0.316. The van der Waals surface area contributed by atoms with E-state index in [0.29, 0.717) is 0 Å². The van der Waals surface area contributed by atoms with Gasteiger partial charge in [0.2, 0.25) is 0 Å². The normalized spacial score (nSPS) is 16.6. The van der Waals surface area contributed by atoms with E-state index in [1.165, 1.54) is 55.0 Å². The Labute approximate surface area is 292 Å². The number of halogens is 2. The molecule has 0 amide bonds. The maximum Gasteiger partial charge on any atom is 0.285 e. The molecule has 9 rings (SSSR count). The molecule has 5 heterocycles. The highest BCUT2D eigenvalue weighted by molar-refractivity contribution is 6.09.